The van der Waals surface area contributed by atoms with E-state index in [0.717, 1.165) is 17.2 Å². The minimum Gasteiger partial charge on any atom is -0.367 e. The molecule has 4 N–H and O–H groups in total. The molecule has 1 aliphatic carbocycles. The second-order valence-corrected chi connectivity index (χ2v) is 5.86. The van der Waals surface area contributed by atoms with E-state index in [4.69, 9.17) is 5.84 Å². The maximum absolute atomic E-state index is 5.56. The molecule has 1 aliphatic rings. The summed E-state index contributed by atoms with van der Waals surface area (Å²) in [7, 11) is 0. The quantitative estimate of drug-likeness (QED) is 0.575. The van der Waals surface area contributed by atoms with Crippen LogP contribution in [0.5, 0.6) is 0 Å². The maximum Gasteiger partial charge on any atom is 0.148 e. The Labute approximate surface area is 115 Å². The van der Waals surface area contributed by atoms with Gasteiger partial charge in [-0.1, -0.05) is 27.2 Å². The van der Waals surface area contributed by atoms with Crippen LogP contribution in [0.3, 0.4) is 0 Å². The minimum absolute atomic E-state index is 0.286. The zero-order chi connectivity index (χ0) is 14.0. The molecule has 0 aliphatic heterocycles. The molecular weight excluding hydrogens is 238 g/mol. The molecule has 2 atom stereocenters. The number of aromatic nitrogens is 2. The van der Waals surface area contributed by atoms with Crippen LogP contribution < -0.4 is 16.6 Å². The molecule has 5 nitrogen and oxygen atoms in total. The van der Waals surface area contributed by atoms with Crippen LogP contribution in [0.15, 0.2) is 0 Å². The first-order chi connectivity index (χ1) is 9.02. The summed E-state index contributed by atoms with van der Waals surface area (Å²) >= 11 is 0. The zero-order valence-corrected chi connectivity index (χ0v) is 12.3. The first kappa shape index (κ1) is 14.1. The molecule has 2 unspecified atom stereocenters. The van der Waals surface area contributed by atoms with Crippen molar-refractivity contribution < 1.29 is 0 Å². The molecule has 1 heterocycles. The Morgan fingerprint density at radius 3 is 2.42 bits per heavy atom. The van der Waals surface area contributed by atoms with E-state index in [1.807, 2.05) is 6.92 Å². The summed E-state index contributed by atoms with van der Waals surface area (Å²) in [6.45, 7) is 8.48. The number of anilines is 2. The van der Waals surface area contributed by atoms with E-state index in [9.17, 15) is 0 Å². The number of nitrogen functional groups attached to an aromatic ring is 1. The summed E-state index contributed by atoms with van der Waals surface area (Å²) in [6, 6.07) is 0.513. The Bertz CT molecular complexity index is 444. The lowest BCUT2D eigenvalue weighted by molar-refractivity contribution is 0.554. The van der Waals surface area contributed by atoms with Gasteiger partial charge in [-0.2, -0.15) is 0 Å². The summed E-state index contributed by atoms with van der Waals surface area (Å²) < 4.78 is 0. The van der Waals surface area contributed by atoms with Crippen LogP contribution in [-0.4, -0.2) is 16.0 Å². The second kappa shape index (κ2) is 5.74. The first-order valence-electron chi connectivity index (χ1n) is 7.14. The molecule has 1 saturated carbocycles. The van der Waals surface area contributed by atoms with Crippen molar-refractivity contribution in [1.82, 2.24) is 9.97 Å². The van der Waals surface area contributed by atoms with E-state index in [1.165, 1.54) is 19.3 Å². The van der Waals surface area contributed by atoms with Gasteiger partial charge < -0.3 is 10.7 Å². The highest BCUT2D eigenvalue weighted by Gasteiger charge is 2.24. The SMILES string of the molecule is Cc1c(NN)nc(C(C)C)nc1NC1CCCC1C. The number of nitrogens with two attached hydrogens (primary N) is 1. The van der Waals surface area contributed by atoms with Crippen LogP contribution in [0.1, 0.15) is 57.3 Å². The highest BCUT2D eigenvalue weighted by atomic mass is 15.3. The van der Waals surface area contributed by atoms with Crippen molar-refractivity contribution in [1.29, 1.82) is 0 Å². The Morgan fingerprint density at radius 1 is 1.21 bits per heavy atom. The third-order valence-electron chi connectivity index (χ3n) is 4.00. The predicted molar refractivity (Wildman–Crippen MR) is 79.1 cm³/mol. The molecule has 106 valence electrons. The van der Waals surface area contributed by atoms with Gasteiger partial charge in [0, 0.05) is 17.5 Å². The third kappa shape index (κ3) is 2.97. The Hall–Kier alpha value is -1.36. The van der Waals surface area contributed by atoms with Crippen molar-refractivity contribution >= 4 is 11.6 Å². The van der Waals surface area contributed by atoms with E-state index in [0.29, 0.717) is 17.8 Å². The smallest absolute Gasteiger partial charge is 0.148 e. The standard InChI is InChI=1S/C14H25N5/c1-8(2)12-17-13(10(4)14(18-12)19-15)16-11-7-5-6-9(11)3/h8-9,11H,5-7,15H2,1-4H3,(H2,16,17,18,19). The summed E-state index contributed by atoms with van der Waals surface area (Å²) in [4.78, 5) is 9.12. The van der Waals surface area contributed by atoms with Crippen molar-refractivity contribution in [3.05, 3.63) is 11.4 Å². The van der Waals surface area contributed by atoms with Crippen LogP contribution >= 0.6 is 0 Å². The van der Waals surface area contributed by atoms with Gasteiger partial charge in [-0.15, -0.1) is 0 Å². The van der Waals surface area contributed by atoms with Gasteiger partial charge in [0.1, 0.15) is 17.5 Å². The molecule has 1 aromatic heterocycles. The average molecular weight is 263 g/mol. The van der Waals surface area contributed by atoms with E-state index < -0.39 is 0 Å². The second-order valence-electron chi connectivity index (χ2n) is 5.86. The van der Waals surface area contributed by atoms with E-state index in [2.05, 4.69) is 41.5 Å². The third-order valence-corrected chi connectivity index (χ3v) is 4.00. The molecule has 1 fully saturated rings. The van der Waals surface area contributed by atoms with Crippen LogP contribution in [0, 0.1) is 12.8 Å². The normalized spacial score (nSPS) is 22.8. The molecule has 1 aromatic rings. The lowest BCUT2D eigenvalue weighted by atomic mass is 10.1. The molecular formula is C14H25N5. The number of hydrogen-bond donors (Lipinski definition) is 3. The molecule has 2 rings (SSSR count). The Morgan fingerprint density at radius 2 is 1.89 bits per heavy atom. The van der Waals surface area contributed by atoms with Gasteiger partial charge in [0.25, 0.3) is 0 Å². The maximum atomic E-state index is 5.56. The van der Waals surface area contributed by atoms with Crippen LogP contribution in [0.2, 0.25) is 0 Å². The van der Waals surface area contributed by atoms with E-state index in [1.54, 1.807) is 0 Å². The van der Waals surface area contributed by atoms with Gasteiger partial charge in [-0.25, -0.2) is 15.8 Å². The highest BCUT2D eigenvalue weighted by Crippen LogP contribution is 2.30. The number of hydrazine groups is 1. The lowest BCUT2D eigenvalue weighted by Gasteiger charge is -2.21. The predicted octanol–water partition coefficient (Wildman–Crippen LogP) is 2.79. The number of nitrogens with one attached hydrogen (secondary N) is 2. The van der Waals surface area contributed by atoms with Gasteiger partial charge in [0.15, 0.2) is 0 Å². The lowest BCUT2D eigenvalue weighted by Crippen LogP contribution is -2.24. The van der Waals surface area contributed by atoms with Gasteiger partial charge in [-0.3, -0.25) is 0 Å². The molecule has 0 bridgehead atoms. The van der Waals surface area contributed by atoms with Gasteiger partial charge in [0.05, 0.1) is 0 Å². The van der Waals surface area contributed by atoms with Crippen LogP contribution in [0.25, 0.3) is 0 Å². The topological polar surface area (TPSA) is 75.9 Å². The fourth-order valence-corrected chi connectivity index (χ4v) is 2.61. The summed E-state index contributed by atoms with van der Waals surface area (Å²) in [5.74, 6) is 9.00. The van der Waals surface area contributed by atoms with Gasteiger partial charge in [0.2, 0.25) is 0 Å². The summed E-state index contributed by atoms with van der Waals surface area (Å²) in [5.41, 5.74) is 3.67. The van der Waals surface area contributed by atoms with Crippen LogP contribution in [0.4, 0.5) is 11.6 Å². The van der Waals surface area contributed by atoms with Crippen molar-refractivity contribution in [3.63, 3.8) is 0 Å². The number of nitrogens with zero attached hydrogens (tertiary/aromatic N) is 2. The molecule has 0 spiro atoms. The molecule has 0 amide bonds. The first-order valence-corrected chi connectivity index (χ1v) is 7.14. The van der Waals surface area contributed by atoms with E-state index in [-0.39, 0.29) is 5.92 Å². The van der Waals surface area contributed by atoms with Crippen molar-refractivity contribution in [2.45, 2.75) is 58.9 Å². The largest absolute Gasteiger partial charge is 0.367 e. The fraction of sp³-hybridized carbons (Fsp3) is 0.714. The Kier molecular flexibility index (Phi) is 4.24. The van der Waals surface area contributed by atoms with Crippen molar-refractivity contribution in [3.8, 4) is 0 Å². The molecule has 19 heavy (non-hydrogen) atoms. The van der Waals surface area contributed by atoms with Crippen molar-refractivity contribution in [2.24, 2.45) is 11.8 Å². The fourth-order valence-electron chi connectivity index (χ4n) is 2.61. The van der Waals surface area contributed by atoms with Crippen molar-refractivity contribution in [2.75, 3.05) is 10.7 Å². The van der Waals surface area contributed by atoms with Gasteiger partial charge >= 0.3 is 0 Å². The molecule has 5 heteroatoms. The minimum atomic E-state index is 0.286. The zero-order valence-electron chi connectivity index (χ0n) is 12.3. The highest BCUT2D eigenvalue weighted by molar-refractivity contribution is 5.57. The van der Waals surface area contributed by atoms with E-state index >= 15 is 0 Å². The summed E-state index contributed by atoms with van der Waals surface area (Å²) in [5, 5.41) is 3.58. The average Bonchev–Trinajstić information content (AvgIpc) is 2.77. The number of rotatable bonds is 4. The molecule has 0 saturated heterocycles. The van der Waals surface area contributed by atoms with Crippen LogP contribution in [-0.2, 0) is 0 Å². The molecule has 0 radical (unpaired) electrons. The number of hydrogen-bond acceptors (Lipinski definition) is 5. The van der Waals surface area contributed by atoms with Gasteiger partial charge in [-0.05, 0) is 25.7 Å². The summed E-state index contributed by atoms with van der Waals surface area (Å²) in [6.07, 6.45) is 3.80. The monoisotopic (exact) mass is 263 g/mol. The molecule has 0 aromatic carbocycles. The Balaban J connectivity index is 2.29.